The number of hydrogen-bond acceptors (Lipinski definition) is 5. The standard InChI is InChI=1S/C14H18N2O3S/c1-19-13(17)8-16(7-11-5-3-2-4-6-11)14(18)12-9-20-10-15-12/h2-6,12,15H,7-10H2,1H3. The molecule has 1 aromatic carbocycles. The SMILES string of the molecule is COC(=O)CN(Cc1ccccc1)C(=O)C1CSCN1. The van der Waals surface area contributed by atoms with Crippen LogP contribution in [-0.4, -0.2) is 48.1 Å². The normalized spacial score (nSPS) is 17.8. The van der Waals surface area contributed by atoms with Crippen molar-refractivity contribution in [1.29, 1.82) is 0 Å². The van der Waals surface area contributed by atoms with Crippen LogP contribution in [0, 0.1) is 0 Å². The van der Waals surface area contributed by atoms with Crippen LogP contribution in [0.5, 0.6) is 0 Å². The first-order chi connectivity index (χ1) is 9.70. The van der Waals surface area contributed by atoms with Gasteiger partial charge in [0.25, 0.3) is 0 Å². The van der Waals surface area contributed by atoms with Gasteiger partial charge in [-0.3, -0.25) is 14.9 Å². The summed E-state index contributed by atoms with van der Waals surface area (Å²) in [7, 11) is 1.33. The summed E-state index contributed by atoms with van der Waals surface area (Å²) in [5, 5.41) is 3.13. The lowest BCUT2D eigenvalue weighted by molar-refractivity contribution is -0.147. The second-order valence-electron chi connectivity index (χ2n) is 4.53. The van der Waals surface area contributed by atoms with Gasteiger partial charge in [-0.2, -0.15) is 0 Å². The number of nitrogens with one attached hydrogen (secondary N) is 1. The van der Waals surface area contributed by atoms with Gasteiger partial charge in [-0.25, -0.2) is 0 Å². The third-order valence-electron chi connectivity index (χ3n) is 3.09. The van der Waals surface area contributed by atoms with E-state index in [0.717, 1.165) is 17.2 Å². The molecule has 0 saturated carbocycles. The molecule has 20 heavy (non-hydrogen) atoms. The van der Waals surface area contributed by atoms with Crippen LogP contribution < -0.4 is 5.32 Å². The van der Waals surface area contributed by atoms with E-state index in [1.807, 2.05) is 30.3 Å². The molecule has 1 N–H and O–H groups in total. The topological polar surface area (TPSA) is 58.6 Å². The van der Waals surface area contributed by atoms with E-state index >= 15 is 0 Å². The molecule has 1 atom stereocenters. The summed E-state index contributed by atoms with van der Waals surface area (Å²) in [6, 6.07) is 9.42. The zero-order valence-corrected chi connectivity index (χ0v) is 12.2. The van der Waals surface area contributed by atoms with Crippen LogP contribution >= 0.6 is 11.8 Å². The third kappa shape index (κ3) is 3.98. The fourth-order valence-corrected chi connectivity index (χ4v) is 2.94. The number of amides is 1. The molecule has 0 radical (unpaired) electrons. The highest BCUT2D eigenvalue weighted by molar-refractivity contribution is 7.99. The Kier molecular flexibility index (Phi) is 5.43. The summed E-state index contributed by atoms with van der Waals surface area (Å²) < 4.78 is 4.67. The van der Waals surface area contributed by atoms with Crippen molar-refractivity contribution in [3.05, 3.63) is 35.9 Å². The van der Waals surface area contributed by atoms with Gasteiger partial charge in [0.2, 0.25) is 5.91 Å². The lowest BCUT2D eigenvalue weighted by Gasteiger charge is -2.24. The lowest BCUT2D eigenvalue weighted by atomic mass is 10.2. The first kappa shape index (κ1) is 14.9. The zero-order valence-electron chi connectivity index (χ0n) is 11.4. The molecule has 1 aromatic rings. The summed E-state index contributed by atoms with van der Waals surface area (Å²) in [6.45, 7) is 0.394. The zero-order chi connectivity index (χ0) is 14.4. The lowest BCUT2D eigenvalue weighted by Crippen LogP contribution is -2.46. The number of ether oxygens (including phenoxy) is 1. The molecule has 6 heteroatoms. The predicted octanol–water partition coefficient (Wildman–Crippen LogP) is 0.851. The molecule has 0 bridgehead atoms. The number of nitrogens with zero attached hydrogens (tertiary/aromatic N) is 1. The highest BCUT2D eigenvalue weighted by Crippen LogP contribution is 2.14. The van der Waals surface area contributed by atoms with E-state index < -0.39 is 5.97 Å². The summed E-state index contributed by atoms with van der Waals surface area (Å²) in [5.74, 6) is 1.06. The monoisotopic (exact) mass is 294 g/mol. The number of hydrogen-bond donors (Lipinski definition) is 1. The van der Waals surface area contributed by atoms with Gasteiger partial charge in [0.1, 0.15) is 6.54 Å². The molecule has 1 fully saturated rings. The van der Waals surface area contributed by atoms with Crippen molar-refractivity contribution in [2.45, 2.75) is 12.6 Å². The van der Waals surface area contributed by atoms with Crippen LogP contribution in [0.15, 0.2) is 30.3 Å². The number of carbonyl (C=O) groups excluding carboxylic acids is 2. The molecule has 1 saturated heterocycles. The first-order valence-corrected chi connectivity index (χ1v) is 7.57. The molecule has 0 aliphatic carbocycles. The molecule has 5 nitrogen and oxygen atoms in total. The summed E-state index contributed by atoms with van der Waals surface area (Å²) >= 11 is 1.68. The highest BCUT2D eigenvalue weighted by Gasteiger charge is 2.28. The Bertz CT molecular complexity index is 461. The van der Waals surface area contributed by atoms with Gasteiger partial charge >= 0.3 is 5.97 Å². The Morgan fingerprint density at radius 2 is 2.15 bits per heavy atom. The predicted molar refractivity (Wildman–Crippen MR) is 78.1 cm³/mol. The van der Waals surface area contributed by atoms with Crippen LogP contribution in [0.4, 0.5) is 0 Å². The molecular formula is C14H18N2O3S. The fourth-order valence-electron chi connectivity index (χ4n) is 2.01. The van der Waals surface area contributed by atoms with Crippen LogP contribution in [0.3, 0.4) is 0 Å². The summed E-state index contributed by atoms with van der Waals surface area (Å²) in [6.07, 6.45) is 0. The molecule has 2 rings (SSSR count). The van der Waals surface area contributed by atoms with Crippen LogP contribution in [-0.2, 0) is 20.9 Å². The Labute approximate surface area is 122 Å². The number of benzene rings is 1. The summed E-state index contributed by atoms with van der Waals surface area (Å²) in [4.78, 5) is 25.5. The maximum atomic E-state index is 12.4. The van der Waals surface area contributed by atoms with Crippen molar-refractivity contribution in [2.24, 2.45) is 0 Å². The number of thioether (sulfide) groups is 1. The Balaban J connectivity index is 2.07. The van der Waals surface area contributed by atoms with Crippen LogP contribution in [0.25, 0.3) is 0 Å². The number of methoxy groups -OCH3 is 1. The second kappa shape index (κ2) is 7.31. The Morgan fingerprint density at radius 3 is 2.75 bits per heavy atom. The van der Waals surface area contributed by atoms with Gasteiger partial charge in [0, 0.05) is 18.2 Å². The average Bonchev–Trinajstić information content (AvgIpc) is 3.01. The minimum absolute atomic E-state index is 0.0208. The molecule has 1 heterocycles. The van der Waals surface area contributed by atoms with Crippen LogP contribution in [0.1, 0.15) is 5.56 Å². The molecule has 0 aromatic heterocycles. The molecule has 0 spiro atoms. The van der Waals surface area contributed by atoms with E-state index in [1.54, 1.807) is 16.7 Å². The van der Waals surface area contributed by atoms with Crippen molar-refractivity contribution in [3.8, 4) is 0 Å². The van der Waals surface area contributed by atoms with Crippen molar-refractivity contribution in [3.63, 3.8) is 0 Å². The molecule has 1 amide bonds. The quantitative estimate of drug-likeness (QED) is 0.816. The van der Waals surface area contributed by atoms with Gasteiger partial charge in [-0.1, -0.05) is 30.3 Å². The minimum Gasteiger partial charge on any atom is -0.468 e. The molecular weight excluding hydrogens is 276 g/mol. The van der Waals surface area contributed by atoms with Gasteiger partial charge in [0.15, 0.2) is 0 Å². The molecule has 1 unspecified atom stereocenters. The van der Waals surface area contributed by atoms with E-state index in [9.17, 15) is 9.59 Å². The molecule has 1 aliphatic rings. The highest BCUT2D eigenvalue weighted by atomic mass is 32.2. The minimum atomic E-state index is -0.403. The fraction of sp³-hybridized carbons (Fsp3) is 0.429. The van der Waals surface area contributed by atoms with Crippen LogP contribution in [0.2, 0.25) is 0 Å². The maximum absolute atomic E-state index is 12.4. The van der Waals surface area contributed by atoms with Crippen molar-refractivity contribution in [1.82, 2.24) is 10.2 Å². The average molecular weight is 294 g/mol. The van der Waals surface area contributed by atoms with Crippen molar-refractivity contribution in [2.75, 3.05) is 25.3 Å². The Hall–Kier alpha value is -1.53. The number of rotatable bonds is 5. The summed E-state index contributed by atoms with van der Waals surface area (Å²) in [5.41, 5.74) is 0.996. The third-order valence-corrected chi connectivity index (χ3v) is 4.03. The maximum Gasteiger partial charge on any atom is 0.325 e. The number of carbonyl (C=O) groups is 2. The second-order valence-corrected chi connectivity index (χ2v) is 5.56. The van der Waals surface area contributed by atoms with E-state index in [4.69, 9.17) is 0 Å². The van der Waals surface area contributed by atoms with Gasteiger partial charge in [-0.15, -0.1) is 11.8 Å². The van der Waals surface area contributed by atoms with Gasteiger partial charge < -0.3 is 9.64 Å². The molecule has 1 aliphatic heterocycles. The first-order valence-electron chi connectivity index (χ1n) is 6.41. The van der Waals surface area contributed by atoms with E-state index in [0.29, 0.717) is 6.54 Å². The van der Waals surface area contributed by atoms with Crippen molar-refractivity contribution < 1.29 is 14.3 Å². The number of esters is 1. The van der Waals surface area contributed by atoms with E-state index in [-0.39, 0.29) is 18.5 Å². The van der Waals surface area contributed by atoms with Crippen molar-refractivity contribution >= 4 is 23.6 Å². The molecule has 108 valence electrons. The Morgan fingerprint density at radius 1 is 1.40 bits per heavy atom. The van der Waals surface area contributed by atoms with Gasteiger partial charge in [0.05, 0.1) is 13.2 Å². The van der Waals surface area contributed by atoms with E-state index in [1.165, 1.54) is 7.11 Å². The smallest absolute Gasteiger partial charge is 0.325 e. The van der Waals surface area contributed by atoms with Gasteiger partial charge in [-0.05, 0) is 5.56 Å². The largest absolute Gasteiger partial charge is 0.468 e. The van der Waals surface area contributed by atoms with E-state index in [2.05, 4.69) is 10.1 Å².